The number of hydrogen-bond acceptors (Lipinski definition) is 8. The molecule has 0 atom stereocenters. The Hall–Kier alpha value is -3.92. The Balaban J connectivity index is 1.51. The average Bonchev–Trinajstić information content (AvgIpc) is 3.24. The van der Waals surface area contributed by atoms with Gasteiger partial charge in [0.05, 0.1) is 18.4 Å². The number of hydrogen-bond donors (Lipinski definition) is 1. The number of carbonyl (C=O) groups is 1. The number of ether oxygens (including phenoxy) is 2. The van der Waals surface area contributed by atoms with Gasteiger partial charge in [0, 0.05) is 29.2 Å². The highest BCUT2D eigenvalue weighted by Gasteiger charge is 2.18. The second kappa shape index (κ2) is 9.48. The number of methoxy groups -OCH3 is 1. The van der Waals surface area contributed by atoms with Crippen molar-refractivity contribution < 1.29 is 18.7 Å². The number of aromatic nitrogens is 4. The summed E-state index contributed by atoms with van der Waals surface area (Å²) in [6, 6.07) is 11.8. The van der Waals surface area contributed by atoms with Gasteiger partial charge < -0.3 is 9.47 Å². The zero-order chi connectivity index (χ0) is 22.5. The molecule has 3 aromatic heterocycles. The van der Waals surface area contributed by atoms with Crippen molar-refractivity contribution in [2.45, 2.75) is 13.5 Å². The van der Waals surface area contributed by atoms with Crippen LogP contribution in [0.5, 0.6) is 10.9 Å². The topological polar surface area (TPSA) is 99.1 Å². The van der Waals surface area contributed by atoms with Crippen LogP contribution < -0.4 is 14.8 Å². The summed E-state index contributed by atoms with van der Waals surface area (Å²) in [5, 5.41) is 11.0. The van der Waals surface area contributed by atoms with Gasteiger partial charge in [-0.15, -0.1) is 5.10 Å². The molecule has 8 nitrogen and oxygen atoms in total. The van der Waals surface area contributed by atoms with E-state index in [9.17, 15) is 9.18 Å². The summed E-state index contributed by atoms with van der Waals surface area (Å²) < 4.78 is 24.2. The third-order valence-electron chi connectivity index (χ3n) is 4.43. The number of pyridine rings is 2. The van der Waals surface area contributed by atoms with Gasteiger partial charge in [-0.3, -0.25) is 20.1 Å². The lowest BCUT2D eigenvalue weighted by atomic mass is 9.99. The van der Waals surface area contributed by atoms with Gasteiger partial charge in [-0.05, 0) is 42.5 Å². The normalized spacial score (nSPS) is 10.6. The minimum absolute atomic E-state index is 0.0279. The molecule has 0 unspecified atom stereocenters. The minimum atomic E-state index is -0.402. The second-order valence-corrected chi connectivity index (χ2v) is 7.59. The lowest BCUT2D eigenvalue weighted by Crippen LogP contribution is -2.14. The molecule has 0 saturated heterocycles. The average molecular weight is 451 g/mol. The quantitative estimate of drug-likeness (QED) is 0.448. The van der Waals surface area contributed by atoms with Crippen LogP contribution in [0.1, 0.15) is 21.7 Å². The van der Waals surface area contributed by atoms with Crippen LogP contribution in [0.15, 0.2) is 54.9 Å². The number of anilines is 1. The van der Waals surface area contributed by atoms with Gasteiger partial charge in [0.1, 0.15) is 18.2 Å². The lowest BCUT2D eigenvalue weighted by Gasteiger charge is -2.13. The maximum absolute atomic E-state index is 13.2. The molecule has 0 radical (unpaired) electrons. The van der Waals surface area contributed by atoms with Crippen LogP contribution >= 0.6 is 11.3 Å². The highest BCUT2D eigenvalue weighted by atomic mass is 32.1. The van der Waals surface area contributed by atoms with Gasteiger partial charge in [-0.2, -0.15) is 0 Å². The van der Waals surface area contributed by atoms with E-state index in [0.29, 0.717) is 22.6 Å². The van der Waals surface area contributed by atoms with Crippen molar-refractivity contribution in [3.05, 3.63) is 77.6 Å². The largest absolute Gasteiger partial charge is 0.496 e. The molecule has 0 bridgehead atoms. The Morgan fingerprint density at radius 1 is 1.12 bits per heavy atom. The Kier molecular flexibility index (Phi) is 6.31. The predicted octanol–water partition coefficient (Wildman–Crippen LogP) is 4.28. The number of nitrogens with one attached hydrogen (secondary N) is 1. The van der Waals surface area contributed by atoms with Gasteiger partial charge in [0.2, 0.25) is 5.13 Å². The van der Waals surface area contributed by atoms with E-state index in [1.165, 1.54) is 24.5 Å². The van der Waals surface area contributed by atoms with E-state index in [1.54, 1.807) is 7.11 Å². The first kappa shape index (κ1) is 21.3. The lowest BCUT2D eigenvalue weighted by molar-refractivity contribution is 0.102. The van der Waals surface area contributed by atoms with Crippen LogP contribution in [0.3, 0.4) is 0 Å². The first-order chi connectivity index (χ1) is 15.5. The second-order valence-electron chi connectivity index (χ2n) is 6.65. The maximum atomic E-state index is 13.2. The molecule has 162 valence electrons. The van der Waals surface area contributed by atoms with Gasteiger partial charge in [-0.25, -0.2) is 4.39 Å². The molecule has 1 amide bonds. The Morgan fingerprint density at radius 2 is 1.97 bits per heavy atom. The van der Waals surface area contributed by atoms with Gasteiger partial charge >= 0.3 is 0 Å². The number of halogens is 1. The van der Waals surface area contributed by atoms with Crippen molar-refractivity contribution in [1.29, 1.82) is 0 Å². The van der Waals surface area contributed by atoms with Crippen molar-refractivity contribution in [1.82, 2.24) is 20.2 Å². The fraction of sp³-hybridized carbons (Fsp3) is 0.136. The number of aryl methyl sites for hydroxylation is 1. The van der Waals surface area contributed by atoms with E-state index in [0.717, 1.165) is 22.6 Å². The molecule has 3 heterocycles. The van der Waals surface area contributed by atoms with E-state index in [1.807, 2.05) is 37.3 Å². The van der Waals surface area contributed by atoms with Gasteiger partial charge in [0.15, 0.2) is 0 Å². The fourth-order valence-electron chi connectivity index (χ4n) is 2.98. The smallest absolute Gasteiger partial charge is 0.296 e. The highest BCUT2D eigenvalue weighted by Crippen LogP contribution is 2.33. The third-order valence-corrected chi connectivity index (χ3v) is 5.18. The van der Waals surface area contributed by atoms with Crippen LogP contribution in [-0.2, 0) is 6.61 Å². The van der Waals surface area contributed by atoms with Crippen LogP contribution in [0, 0.1) is 12.7 Å². The number of benzene rings is 1. The van der Waals surface area contributed by atoms with Gasteiger partial charge in [0.25, 0.3) is 11.1 Å². The van der Waals surface area contributed by atoms with E-state index in [4.69, 9.17) is 9.47 Å². The highest BCUT2D eigenvalue weighted by molar-refractivity contribution is 7.17. The molecule has 1 aromatic carbocycles. The Bertz CT molecular complexity index is 1260. The molecule has 10 heteroatoms. The molecule has 0 aliphatic heterocycles. The zero-order valence-electron chi connectivity index (χ0n) is 17.2. The van der Waals surface area contributed by atoms with Crippen molar-refractivity contribution in [2.75, 3.05) is 12.4 Å². The number of nitrogens with zero attached hydrogens (tertiary/aromatic N) is 4. The number of amides is 1. The van der Waals surface area contributed by atoms with Crippen LogP contribution in [0.25, 0.3) is 11.1 Å². The summed E-state index contributed by atoms with van der Waals surface area (Å²) in [6.07, 6.45) is 2.87. The molecule has 0 saturated carbocycles. The van der Waals surface area contributed by atoms with Gasteiger partial charge in [-0.1, -0.05) is 23.3 Å². The Labute approximate surface area is 187 Å². The van der Waals surface area contributed by atoms with Crippen molar-refractivity contribution in [3.63, 3.8) is 0 Å². The number of rotatable bonds is 7. The van der Waals surface area contributed by atoms with Crippen LogP contribution in [-0.4, -0.2) is 33.2 Å². The van der Waals surface area contributed by atoms with Crippen molar-refractivity contribution in [2.24, 2.45) is 0 Å². The fourth-order valence-corrected chi connectivity index (χ4v) is 3.57. The van der Waals surface area contributed by atoms with Crippen LogP contribution in [0.4, 0.5) is 9.52 Å². The third kappa shape index (κ3) is 4.86. The van der Waals surface area contributed by atoms with E-state index >= 15 is 0 Å². The SMILES string of the molecule is COc1ccccc1-c1cc(C)ncc1C(=O)Nc1nnc(OCc2cc(F)ccn2)s1. The summed E-state index contributed by atoms with van der Waals surface area (Å²) in [5.74, 6) is -0.154. The van der Waals surface area contributed by atoms with Crippen molar-refractivity contribution >= 4 is 22.4 Å². The summed E-state index contributed by atoms with van der Waals surface area (Å²) in [7, 11) is 1.58. The first-order valence-electron chi connectivity index (χ1n) is 9.51. The van der Waals surface area contributed by atoms with E-state index in [2.05, 4.69) is 25.5 Å². The summed E-state index contributed by atoms with van der Waals surface area (Å²) in [6.45, 7) is 1.88. The molecule has 0 aliphatic rings. The molecule has 1 N–H and O–H groups in total. The number of para-hydroxylation sites is 1. The summed E-state index contributed by atoms with van der Waals surface area (Å²) in [5.41, 5.74) is 3.00. The minimum Gasteiger partial charge on any atom is -0.496 e. The molecule has 32 heavy (non-hydrogen) atoms. The molecule has 0 spiro atoms. The molecular weight excluding hydrogens is 433 g/mol. The van der Waals surface area contributed by atoms with E-state index < -0.39 is 11.7 Å². The predicted molar refractivity (Wildman–Crippen MR) is 117 cm³/mol. The molecule has 4 rings (SSSR count). The monoisotopic (exact) mass is 451 g/mol. The molecule has 0 aliphatic carbocycles. The summed E-state index contributed by atoms with van der Waals surface area (Å²) in [4.78, 5) is 21.3. The first-order valence-corrected chi connectivity index (χ1v) is 10.3. The number of carbonyl (C=O) groups excluding carboxylic acids is 1. The summed E-state index contributed by atoms with van der Waals surface area (Å²) >= 11 is 1.05. The molecule has 0 fully saturated rings. The van der Waals surface area contributed by atoms with Crippen LogP contribution in [0.2, 0.25) is 0 Å². The van der Waals surface area contributed by atoms with Crippen molar-refractivity contribution in [3.8, 4) is 22.1 Å². The Morgan fingerprint density at radius 3 is 2.78 bits per heavy atom. The van der Waals surface area contributed by atoms with E-state index in [-0.39, 0.29) is 16.9 Å². The maximum Gasteiger partial charge on any atom is 0.296 e. The standard InChI is InChI=1S/C22H18FN5O3S/c1-13-9-17(16-5-3-4-6-19(16)30-2)18(11-25-13)20(29)26-21-27-28-22(32-21)31-12-15-10-14(23)7-8-24-15/h3-11H,12H2,1-2H3,(H,26,27,29). The molecular formula is C22H18FN5O3S. The zero-order valence-corrected chi connectivity index (χ0v) is 18.0. The molecule has 4 aromatic rings.